The molecule has 3 rings (SSSR count). The van der Waals surface area contributed by atoms with Crippen molar-refractivity contribution in [1.29, 1.82) is 0 Å². The minimum Gasteiger partial charge on any atom is -0.365 e. The number of morpholine rings is 1. The fraction of sp³-hybridized carbons (Fsp3) is 0.300. The van der Waals surface area contributed by atoms with Crippen LogP contribution in [0.25, 0.3) is 0 Å². The summed E-state index contributed by atoms with van der Waals surface area (Å²) in [5.41, 5.74) is 1.89. The van der Waals surface area contributed by atoms with E-state index in [4.69, 9.17) is 4.74 Å². The van der Waals surface area contributed by atoms with Gasteiger partial charge in [-0.05, 0) is 11.1 Å². The first-order valence-electron chi connectivity index (χ1n) is 8.38. The largest absolute Gasteiger partial charge is 0.365 e. The smallest absolute Gasteiger partial charge is 0.248 e. The summed E-state index contributed by atoms with van der Waals surface area (Å²) in [6.07, 6.45) is -0.182. The maximum atomic E-state index is 12.9. The summed E-state index contributed by atoms with van der Waals surface area (Å²) in [4.78, 5) is 26.0. The van der Waals surface area contributed by atoms with Crippen molar-refractivity contribution in [2.75, 3.05) is 26.7 Å². The zero-order chi connectivity index (χ0) is 17.6. The van der Waals surface area contributed by atoms with Crippen molar-refractivity contribution in [1.82, 2.24) is 10.2 Å². The van der Waals surface area contributed by atoms with Gasteiger partial charge in [0.1, 0.15) is 6.61 Å². The lowest BCUT2D eigenvalue weighted by Crippen LogP contribution is -2.49. The Bertz CT molecular complexity index is 679. The van der Waals surface area contributed by atoms with E-state index in [0.29, 0.717) is 13.1 Å². The molecule has 2 aromatic carbocycles. The normalized spacial score (nSPS) is 17.6. The Morgan fingerprint density at radius 3 is 2.20 bits per heavy atom. The van der Waals surface area contributed by atoms with Gasteiger partial charge in [-0.1, -0.05) is 60.7 Å². The molecule has 0 aromatic heterocycles. The molecule has 0 radical (unpaired) electrons. The van der Waals surface area contributed by atoms with E-state index in [1.807, 2.05) is 60.7 Å². The number of ether oxygens (including phenoxy) is 1. The molecule has 1 saturated heterocycles. The van der Waals surface area contributed by atoms with Crippen molar-refractivity contribution in [3.8, 4) is 0 Å². The molecule has 1 unspecified atom stereocenters. The van der Waals surface area contributed by atoms with Crippen molar-refractivity contribution in [2.45, 2.75) is 12.0 Å². The van der Waals surface area contributed by atoms with E-state index in [2.05, 4.69) is 5.32 Å². The fourth-order valence-electron chi connectivity index (χ4n) is 2.99. The number of likely N-dealkylation sites (N-methyl/N-ethyl adjacent to an activating group) is 1. The molecule has 1 fully saturated rings. The fourth-order valence-corrected chi connectivity index (χ4v) is 2.99. The van der Waals surface area contributed by atoms with Crippen LogP contribution in [0.15, 0.2) is 60.7 Å². The Labute approximate surface area is 147 Å². The second kappa shape index (κ2) is 7.94. The number of benzene rings is 2. The van der Waals surface area contributed by atoms with E-state index in [1.165, 1.54) is 0 Å². The van der Waals surface area contributed by atoms with Crippen LogP contribution < -0.4 is 5.32 Å². The molecule has 0 spiro atoms. The van der Waals surface area contributed by atoms with Crippen LogP contribution in [0, 0.1) is 0 Å². The van der Waals surface area contributed by atoms with E-state index in [0.717, 1.165) is 11.1 Å². The van der Waals surface area contributed by atoms with Crippen LogP contribution in [0.2, 0.25) is 0 Å². The summed E-state index contributed by atoms with van der Waals surface area (Å²) in [7, 11) is 1.75. The quantitative estimate of drug-likeness (QED) is 0.904. The predicted molar refractivity (Wildman–Crippen MR) is 95.1 cm³/mol. The lowest BCUT2D eigenvalue weighted by molar-refractivity contribution is -0.146. The van der Waals surface area contributed by atoms with Gasteiger partial charge in [-0.3, -0.25) is 9.59 Å². The summed E-state index contributed by atoms with van der Waals surface area (Å²) >= 11 is 0. The average molecular weight is 338 g/mol. The van der Waals surface area contributed by atoms with Gasteiger partial charge < -0.3 is 15.0 Å². The Hall–Kier alpha value is -2.66. The van der Waals surface area contributed by atoms with Gasteiger partial charge in [0.2, 0.25) is 11.8 Å². The summed E-state index contributed by atoms with van der Waals surface area (Å²) in [5, 5.41) is 2.98. The second-order valence-corrected chi connectivity index (χ2v) is 6.21. The zero-order valence-corrected chi connectivity index (χ0v) is 14.2. The molecule has 1 N–H and O–H groups in total. The third kappa shape index (κ3) is 4.25. The highest BCUT2D eigenvalue weighted by Crippen LogP contribution is 2.24. The molecule has 25 heavy (non-hydrogen) atoms. The van der Waals surface area contributed by atoms with Gasteiger partial charge in [0.05, 0.1) is 12.0 Å². The molecule has 1 aliphatic heterocycles. The van der Waals surface area contributed by atoms with E-state index in [9.17, 15) is 9.59 Å². The van der Waals surface area contributed by atoms with E-state index >= 15 is 0 Å². The Morgan fingerprint density at radius 1 is 1.12 bits per heavy atom. The number of amides is 2. The molecule has 0 aliphatic carbocycles. The Kier molecular flexibility index (Phi) is 5.46. The molecule has 1 heterocycles. The Balaban J connectivity index is 1.71. The van der Waals surface area contributed by atoms with Crippen molar-refractivity contribution in [3.05, 3.63) is 71.8 Å². The van der Waals surface area contributed by atoms with Crippen LogP contribution in [0.4, 0.5) is 0 Å². The Morgan fingerprint density at radius 2 is 1.68 bits per heavy atom. The summed E-state index contributed by atoms with van der Waals surface area (Å²) in [6, 6.07) is 19.4. The molecular weight excluding hydrogens is 316 g/mol. The van der Waals surface area contributed by atoms with Crippen LogP contribution in [-0.4, -0.2) is 49.6 Å². The van der Waals surface area contributed by atoms with Crippen LogP contribution in [0.3, 0.4) is 0 Å². The molecule has 130 valence electrons. The average Bonchev–Trinajstić information content (AvgIpc) is 2.65. The van der Waals surface area contributed by atoms with Crippen molar-refractivity contribution in [3.63, 3.8) is 0 Å². The molecule has 1 aliphatic rings. The number of hydrogen-bond acceptors (Lipinski definition) is 3. The van der Waals surface area contributed by atoms with Crippen molar-refractivity contribution in [2.24, 2.45) is 0 Å². The van der Waals surface area contributed by atoms with Crippen LogP contribution in [0.1, 0.15) is 17.0 Å². The van der Waals surface area contributed by atoms with Gasteiger partial charge in [-0.2, -0.15) is 0 Å². The van der Waals surface area contributed by atoms with Gasteiger partial charge >= 0.3 is 0 Å². The lowest BCUT2D eigenvalue weighted by Gasteiger charge is -2.30. The minimum atomic E-state index is -0.370. The maximum Gasteiger partial charge on any atom is 0.248 e. The van der Waals surface area contributed by atoms with Gasteiger partial charge in [-0.15, -0.1) is 0 Å². The topological polar surface area (TPSA) is 58.6 Å². The standard InChI is InChI=1S/C20H22N2O3/c1-22-13-17(25-14-18(22)23)12-21-20(24)19(15-8-4-2-5-9-15)16-10-6-3-7-11-16/h2-11,17,19H,12-14H2,1H3,(H,21,24). The SMILES string of the molecule is CN1CC(CNC(=O)C(c2ccccc2)c2ccccc2)OCC1=O. The highest BCUT2D eigenvalue weighted by atomic mass is 16.5. The number of carbonyl (C=O) groups excluding carboxylic acids is 2. The van der Waals surface area contributed by atoms with Gasteiger partial charge in [0, 0.05) is 20.1 Å². The molecule has 1 atom stereocenters. The van der Waals surface area contributed by atoms with Crippen LogP contribution in [0.5, 0.6) is 0 Å². The second-order valence-electron chi connectivity index (χ2n) is 6.21. The number of hydrogen-bond donors (Lipinski definition) is 1. The number of rotatable bonds is 5. The third-order valence-corrected chi connectivity index (χ3v) is 4.38. The molecular formula is C20H22N2O3. The molecule has 2 aromatic rings. The minimum absolute atomic E-state index is 0.0333. The monoisotopic (exact) mass is 338 g/mol. The van der Waals surface area contributed by atoms with Gasteiger partial charge in [0.15, 0.2) is 0 Å². The predicted octanol–water partition coefficient (Wildman–Crippen LogP) is 1.79. The molecule has 2 amide bonds. The highest BCUT2D eigenvalue weighted by molar-refractivity contribution is 5.87. The highest BCUT2D eigenvalue weighted by Gasteiger charge is 2.26. The summed E-state index contributed by atoms with van der Waals surface area (Å²) < 4.78 is 5.50. The first-order valence-corrected chi connectivity index (χ1v) is 8.38. The summed E-state index contributed by atoms with van der Waals surface area (Å²) in [5.74, 6) is -0.472. The maximum absolute atomic E-state index is 12.9. The lowest BCUT2D eigenvalue weighted by atomic mass is 9.90. The van der Waals surface area contributed by atoms with Gasteiger partial charge in [-0.25, -0.2) is 0 Å². The van der Waals surface area contributed by atoms with Crippen molar-refractivity contribution >= 4 is 11.8 Å². The zero-order valence-electron chi connectivity index (χ0n) is 14.2. The number of carbonyl (C=O) groups is 2. The van der Waals surface area contributed by atoms with E-state index in [1.54, 1.807) is 11.9 Å². The van der Waals surface area contributed by atoms with E-state index in [-0.39, 0.29) is 30.4 Å². The molecule has 5 nitrogen and oxygen atoms in total. The molecule has 5 heteroatoms. The molecule has 0 bridgehead atoms. The molecule has 0 saturated carbocycles. The number of nitrogens with zero attached hydrogens (tertiary/aromatic N) is 1. The first kappa shape index (κ1) is 17.2. The van der Waals surface area contributed by atoms with E-state index < -0.39 is 0 Å². The van der Waals surface area contributed by atoms with Crippen LogP contribution >= 0.6 is 0 Å². The van der Waals surface area contributed by atoms with Crippen molar-refractivity contribution < 1.29 is 14.3 Å². The van der Waals surface area contributed by atoms with Crippen LogP contribution in [-0.2, 0) is 14.3 Å². The summed E-state index contributed by atoms with van der Waals surface area (Å²) in [6.45, 7) is 0.935. The van der Waals surface area contributed by atoms with Gasteiger partial charge in [0.25, 0.3) is 0 Å². The first-order chi connectivity index (χ1) is 12.1. The third-order valence-electron chi connectivity index (χ3n) is 4.38. The number of nitrogens with one attached hydrogen (secondary N) is 1.